The van der Waals surface area contributed by atoms with E-state index >= 15 is 0 Å². The number of aryl methyl sites for hydroxylation is 1. The Kier molecular flexibility index (Phi) is 9.68. The van der Waals surface area contributed by atoms with E-state index in [0.717, 1.165) is 55.0 Å². The van der Waals surface area contributed by atoms with Crippen LogP contribution in [0.25, 0.3) is 0 Å². The highest BCUT2D eigenvalue weighted by atomic mass is 35.5. The van der Waals surface area contributed by atoms with Gasteiger partial charge in [0.2, 0.25) is 0 Å². The lowest BCUT2D eigenvalue weighted by Crippen LogP contribution is -2.37. The van der Waals surface area contributed by atoms with Crippen molar-refractivity contribution in [1.82, 2.24) is 5.43 Å². The van der Waals surface area contributed by atoms with E-state index in [1.54, 1.807) is 14.2 Å². The van der Waals surface area contributed by atoms with E-state index in [1.807, 2.05) is 19.1 Å². The first-order chi connectivity index (χ1) is 16.9. The molecule has 0 fully saturated rings. The predicted octanol–water partition coefficient (Wildman–Crippen LogP) is 5.92. The molecule has 2 aliphatic heterocycles. The van der Waals surface area contributed by atoms with Gasteiger partial charge in [0.15, 0.2) is 11.5 Å². The predicted molar refractivity (Wildman–Crippen MR) is 152 cm³/mol. The fraction of sp³-hybridized carbons (Fsp3) is 0.444. The maximum Gasteiger partial charge on any atom is 0.299 e. The third-order valence-electron chi connectivity index (χ3n) is 6.58. The highest BCUT2D eigenvalue weighted by Gasteiger charge is 2.27. The molecule has 7 nitrogen and oxygen atoms in total. The summed E-state index contributed by atoms with van der Waals surface area (Å²) in [5, 5.41) is 4.25. The van der Waals surface area contributed by atoms with Gasteiger partial charge in [0.05, 0.1) is 25.2 Å². The lowest BCUT2D eigenvalue weighted by molar-refractivity contribution is 0.261. The molecule has 1 amide bonds. The Morgan fingerprint density at radius 2 is 2.00 bits per heavy atom. The van der Waals surface area contributed by atoms with Gasteiger partial charge >= 0.3 is 0 Å². The zero-order chi connectivity index (χ0) is 24.9. The van der Waals surface area contributed by atoms with Gasteiger partial charge in [-0.05, 0) is 67.1 Å². The van der Waals surface area contributed by atoms with Crippen molar-refractivity contribution >= 4 is 46.6 Å². The molecule has 4 rings (SSSR count). The molecule has 36 heavy (non-hydrogen) atoms. The first-order valence-corrected chi connectivity index (χ1v) is 13.0. The molecular weight excluding hydrogens is 496 g/mol. The van der Waals surface area contributed by atoms with E-state index in [9.17, 15) is 4.79 Å². The van der Waals surface area contributed by atoms with Crippen LogP contribution in [0.2, 0.25) is 0 Å². The van der Waals surface area contributed by atoms with Crippen molar-refractivity contribution in [3.05, 3.63) is 53.1 Å². The normalized spacial score (nSPS) is 18.4. The summed E-state index contributed by atoms with van der Waals surface area (Å²) in [7, 11) is 3.31. The Bertz CT molecular complexity index is 1150. The number of methoxy groups -OCH3 is 2. The molecule has 0 radical (unpaired) electrons. The molecule has 0 saturated carbocycles. The van der Waals surface area contributed by atoms with Gasteiger partial charge in [-0.15, -0.1) is 12.4 Å². The molecule has 194 valence electrons. The summed E-state index contributed by atoms with van der Waals surface area (Å²) in [5.41, 5.74) is 7.99. The number of carbonyl (C=O) groups is 1. The van der Waals surface area contributed by atoms with Crippen LogP contribution in [0, 0.1) is 5.92 Å². The molecule has 0 bridgehead atoms. The Morgan fingerprint density at radius 3 is 2.69 bits per heavy atom. The van der Waals surface area contributed by atoms with Crippen LogP contribution in [0.1, 0.15) is 50.3 Å². The fourth-order valence-electron chi connectivity index (χ4n) is 4.39. The first-order valence-electron chi connectivity index (χ1n) is 12.2. The van der Waals surface area contributed by atoms with Crippen LogP contribution in [0.15, 0.2) is 46.5 Å². The Balaban J connectivity index is 0.00000361. The summed E-state index contributed by atoms with van der Waals surface area (Å²) in [6.45, 7) is 8.10. The number of nitrogens with zero attached hydrogens (tertiary/aromatic N) is 3. The highest BCUT2D eigenvalue weighted by molar-refractivity contribution is 8.14. The van der Waals surface area contributed by atoms with Crippen LogP contribution < -0.4 is 19.8 Å². The SMILES string of the molecule is CCC(C)CN=C(c1ccc(OC)c(OC)c1)N1CCCc2cc(C3=NNC(=O)SC3C)ccc21.Cl. The van der Waals surface area contributed by atoms with Crippen LogP contribution in [-0.4, -0.2) is 49.3 Å². The minimum Gasteiger partial charge on any atom is -0.493 e. The lowest BCUT2D eigenvalue weighted by Gasteiger charge is -2.33. The molecule has 0 saturated heterocycles. The van der Waals surface area contributed by atoms with Gasteiger partial charge in [-0.1, -0.05) is 38.1 Å². The Hall–Kier alpha value is -2.71. The monoisotopic (exact) mass is 530 g/mol. The number of hydrazone groups is 1. The third-order valence-corrected chi connectivity index (χ3v) is 7.46. The summed E-state index contributed by atoms with van der Waals surface area (Å²) in [5.74, 6) is 2.84. The molecular formula is C27H35ClN4O3S. The van der Waals surface area contributed by atoms with Crippen molar-refractivity contribution in [3.8, 4) is 11.5 Å². The maximum atomic E-state index is 11.7. The third kappa shape index (κ3) is 5.98. The molecule has 0 aliphatic carbocycles. The van der Waals surface area contributed by atoms with Gasteiger partial charge < -0.3 is 14.4 Å². The van der Waals surface area contributed by atoms with Crippen LogP contribution in [0.4, 0.5) is 10.5 Å². The van der Waals surface area contributed by atoms with E-state index in [0.29, 0.717) is 17.4 Å². The van der Waals surface area contributed by atoms with Crippen molar-refractivity contribution in [2.24, 2.45) is 16.0 Å². The number of amides is 1. The average molecular weight is 531 g/mol. The molecule has 2 unspecified atom stereocenters. The molecule has 2 aromatic carbocycles. The topological polar surface area (TPSA) is 75.5 Å². The summed E-state index contributed by atoms with van der Waals surface area (Å²) in [6, 6.07) is 12.5. The van der Waals surface area contributed by atoms with Crippen LogP contribution in [0.5, 0.6) is 11.5 Å². The van der Waals surface area contributed by atoms with E-state index < -0.39 is 0 Å². The summed E-state index contributed by atoms with van der Waals surface area (Å²) in [6.07, 6.45) is 3.10. The van der Waals surface area contributed by atoms with Crippen molar-refractivity contribution in [2.45, 2.75) is 45.3 Å². The smallest absolute Gasteiger partial charge is 0.299 e. The van der Waals surface area contributed by atoms with Gasteiger partial charge in [0.1, 0.15) is 5.84 Å². The first kappa shape index (κ1) is 27.9. The number of thioether (sulfide) groups is 1. The number of amidine groups is 1. The van der Waals surface area contributed by atoms with Crippen LogP contribution >= 0.6 is 24.2 Å². The van der Waals surface area contributed by atoms with E-state index in [1.165, 1.54) is 23.0 Å². The standard InChI is InChI=1S/C27H34N4O3S.ClH/c1-6-17(2)16-28-26(21-10-12-23(33-4)24(15-21)34-5)31-13-7-8-19-14-20(9-11-22(19)31)25-18(3)35-27(32)30-29-25;/h9-12,14-15,17-18H,6-8,13,16H2,1-5H3,(H,30,32);1H. The molecule has 1 N–H and O–H groups in total. The van der Waals surface area contributed by atoms with E-state index in [2.05, 4.69) is 53.5 Å². The summed E-state index contributed by atoms with van der Waals surface area (Å²) < 4.78 is 11.0. The van der Waals surface area contributed by atoms with E-state index in [4.69, 9.17) is 14.5 Å². The fourth-order valence-corrected chi connectivity index (χ4v) is 5.11. The van der Waals surface area contributed by atoms with Crippen molar-refractivity contribution < 1.29 is 14.3 Å². The average Bonchev–Trinajstić information content (AvgIpc) is 2.88. The van der Waals surface area contributed by atoms with Crippen molar-refractivity contribution in [2.75, 3.05) is 32.2 Å². The molecule has 9 heteroatoms. The number of ether oxygens (including phenoxy) is 2. The van der Waals surface area contributed by atoms with Gasteiger partial charge in [0.25, 0.3) is 5.24 Å². The largest absolute Gasteiger partial charge is 0.493 e. The van der Waals surface area contributed by atoms with Gasteiger partial charge in [0, 0.05) is 24.3 Å². The highest BCUT2D eigenvalue weighted by Crippen LogP contribution is 2.34. The van der Waals surface area contributed by atoms with E-state index in [-0.39, 0.29) is 22.9 Å². The number of hydrogen-bond donors (Lipinski definition) is 1. The van der Waals surface area contributed by atoms with Crippen molar-refractivity contribution in [1.29, 1.82) is 0 Å². The number of halogens is 1. The number of benzene rings is 2. The van der Waals surface area contributed by atoms with Gasteiger partial charge in [-0.25, -0.2) is 5.43 Å². The lowest BCUT2D eigenvalue weighted by atomic mass is 9.96. The number of fused-ring (bicyclic) bond motifs is 1. The number of aliphatic imine (C=N–C) groups is 1. The Labute approximate surface area is 224 Å². The second-order valence-corrected chi connectivity index (χ2v) is 10.3. The second kappa shape index (κ2) is 12.5. The molecule has 2 aliphatic rings. The summed E-state index contributed by atoms with van der Waals surface area (Å²) in [4.78, 5) is 19.1. The second-order valence-electron chi connectivity index (χ2n) is 9.00. The van der Waals surface area contributed by atoms with Gasteiger partial charge in [-0.3, -0.25) is 9.79 Å². The van der Waals surface area contributed by atoms with Crippen LogP contribution in [0.3, 0.4) is 0 Å². The number of anilines is 1. The minimum atomic E-state index is -0.109. The number of nitrogens with one attached hydrogen (secondary N) is 1. The van der Waals surface area contributed by atoms with Crippen LogP contribution in [-0.2, 0) is 6.42 Å². The molecule has 0 aromatic heterocycles. The zero-order valence-electron chi connectivity index (χ0n) is 21.5. The molecule has 2 heterocycles. The van der Waals surface area contributed by atoms with Gasteiger partial charge in [-0.2, -0.15) is 5.10 Å². The number of rotatable bonds is 7. The van der Waals surface area contributed by atoms with Crippen molar-refractivity contribution in [3.63, 3.8) is 0 Å². The quantitative estimate of drug-likeness (QED) is 0.355. The molecule has 2 atom stereocenters. The maximum absolute atomic E-state index is 11.7. The minimum absolute atomic E-state index is 0. The Morgan fingerprint density at radius 1 is 1.22 bits per heavy atom. The number of carbonyl (C=O) groups excluding carboxylic acids is 1. The molecule has 2 aromatic rings. The molecule has 0 spiro atoms. The zero-order valence-corrected chi connectivity index (χ0v) is 23.2. The number of hydrogen-bond acceptors (Lipinski definition) is 6. The summed E-state index contributed by atoms with van der Waals surface area (Å²) >= 11 is 1.27.